The molecule has 1 atom stereocenters. The highest BCUT2D eigenvalue weighted by molar-refractivity contribution is 5.83. The number of hydrogen-bond donors (Lipinski definition) is 1. The highest BCUT2D eigenvalue weighted by atomic mass is 16.5. The lowest BCUT2D eigenvalue weighted by atomic mass is 9.78. The Balaban J connectivity index is 1.57. The second-order valence-corrected chi connectivity index (χ2v) is 8.18. The fourth-order valence-corrected chi connectivity index (χ4v) is 4.65. The van der Waals surface area contributed by atoms with Gasteiger partial charge in [0, 0.05) is 33.3 Å². The van der Waals surface area contributed by atoms with Crippen molar-refractivity contribution in [1.29, 1.82) is 0 Å². The zero-order valence-electron chi connectivity index (χ0n) is 17.0. The number of benzene rings is 1. The van der Waals surface area contributed by atoms with Crippen LogP contribution in [0.3, 0.4) is 0 Å². The van der Waals surface area contributed by atoms with Gasteiger partial charge in [0.05, 0.1) is 12.0 Å². The number of amides is 1. The van der Waals surface area contributed by atoms with E-state index in [1.54, 1.807) is 7.11 Å². The van der Waals surface area contributed by atoms with Gasteiger partial charge < -0.3 is 15.0 Å². The molecule has 0 bridgehead atoms. The molecule has 3 rings (SSSR count). The molecular formula is C22H35N3O2. The van der Waals surface area contributed by atoms with Gasteiger partial charge in [-0.3, -0.25) is 9.69 Å². The molecule has 0 saturated carbocycles. The summed E-state index contributed by atoms with van der Waals surface area (Å²) in [6.07, 6.45) is 2.93. The summed E-state index contributed by atoms with van der Waals surface area (Å²) in [7, 11) is 1.71. The van der Waals surface area contributed by atoms with Crippen LogP contribution in [-0.4, -0.2) is 68.7 Å². The third kappa shape index (κ3) is 5.09. The molecular weight excluding hydrogens is 338 g/mol. The second kappa shape index (κ2) is 9.67. The predicted molar refractivity (Wildman–Crippen MR) is 108 cm³/mol. The van der Waals surface area contributed by atoms with Crippen LogP contribution in [0.25, 0.3) is 0 Å². The van der Waals surface area contributed by atoms with E-state index in [2.05, 4.69) is 52.4 Å². The number of nitrogens with one attached hydrogen (secondary N) is 1. The number of hydrogen-bond acceptors (Lipinski definition) is 4. The predicted octanol–water partition coefficient (Wildman–Crippen LogP) is 2.37. The normalized spacial score (nSPS) is 22.7. The van der Waals surface area contributed by atoms with Crippen molar-refractivity contribution < 1.29 is 9.53 Å². The molecule has 2 heterocycles. The Morgan fingerprint density at radius 2 is 2.04 bits per heavy atom. The van der Waals surface area contributed by atoms with E-state index in [0.717, 1.165) is 58.7 Å². The Hall–Kier alpha value is -1.43. The number of carbonyl (C=O) groups excluding carboxylic acids is 1. The minimum absolute atomic E-state index is 0.301. The van der Waals surface area contributed by atoms with Crippen molar-refractivity contribution in [3.05, 3.63) is 35.9 Å². The Bertz CT molecular complexity index is 581. The van der Waals surface area contributed by atoms with Crippen molar-refractivity contribution in [3.8, 4) is 0 Å². The van der Waals surface area contributed by atoms with Gasteiger partial charge >= 0.3 is 0 Å². The number of nitrogens with zero attached hydrogens (tertiary/aromatic N) is 2. The SMILES string of the molecule is CCN(CC1CCN(Cc2ccccc2)C1)C(=O)C1(COC)CCNCC1. The molecule has 0 radical (unpaired) electrons. The summed E-state index contributed by atoms with van der Waals surface area (Å²) >= 11 is 0. The summed E-state index contributed by atoms with van der Waals surface area (Å²) in [5, 5.41) is 3.38. The van der Waals surface area contributed by atoms with Crippen LogP contribution in [0.1, 0.15) is 31.7 Å². The van der Waals surface area contributed by atoms with Gasteiger partial charge in [-0.15, -0.1) is 0 Å². The third-order valence-electron chi connectivity index (χ3n) is 6.20. The van der Waals surface area contributed by atoms with Crippen molar-refractivity contribution in [2.24, 2.45) is 11.3 Å². The fourth-order valence-electron chi connectivity index (χ4n) is 4.65. The summed E-state index contributed by atoms with van der Waals surface area (Å²) in [5.74, 6) is 0.869. The molecule has 1 N–H and O–H groups in total. The maximum absolute atomic E-state index is 13.4. The van der Waals surface area contributed by atoms with E-state index in [0.29, 0.717) is 18.4 Å². The molecule has 1 aromatic rings. The fraction of sp³-hybridized carbons (Fsp3) is 0.682. The topological polar surface area (TPSA) is 44.8 Å². The van der Waals surface area contributed by atoms with Gasteiger partial charge in [0.15, 0.2) is 0 Å². The van der Waals surface area contributed by atoms with Crippen LogP contribution < -0.4 is 5.32 Å². The number of ether oxygens (including phenoxy) is 1. The molecule has 0 aliphatic carbocycles. The van der Waals surface area contributed by atoms with Crippen LogP contribution in [0.15, 0.2) is 30.3 Å². The van der Waals surface area contributed by atoms with Crippen molar-refractivity contribution in [2.45, 2.75) is 32.7 Å². The molecule has 5 heteroatoms. The van der Waals surface area contributed by atoms with Gasteiger partial charge in [-0.05, 0) is 57.3 Å². The summed E-state index contributed by atoms with van der Waals surface area (Å²) in [5.41, 5.74) is 1.04. The first-order chi connectivity index (χ1) is 13.2. The first-order valence-corrected chi connectivity index (χ1v) is 10.4. The summed E-state index contributed by atoms with van der Waals surface area (Å²) < 4.78 is 5.47. The zero-order valence-corrected chi connectivity index (χ0v) is 17.0. The molecule has 2 saturated heterocycles. The quantitative estimate of drug-likeness (QED) is 0.760. The number of carbonyl (C=O) groups is 1. The first kappa shape index (κ1) is 20.3. The van der Waals surface area contributed by atoms with Crippen molar-refractivity contribution >= 4 is 5.91 Å². The van der Waals surface area contributed by atoms with Gasteiger partial charge in [-0.25, -0.2) is 0 Å². The molecule has 0 aromatic heterocycles. The van der Waals surface area contributed by atoms with E-state index < -0.39 is 0 Å². The molecule has 2 aliphatic heterocycles. The molecule has 1 aromatic carbocycles. The minimum Gasteiger partial charge on any atom is -0.384 e. The average molecular weight is 374 g/mol. The molecule has 1 amide bonds. The van der Waals surface area contributed by atoms with Crippen LogP contribution >= 0.6 is 0 Å². The molecule has 5 nitrogen and oxygen atoms in total. The lowest BCUT2D eigenvalue weighted by Crippen LogP contribution is -2.52. The van der Waals surface area contributed by atoms with E-state index in [4.69, 9.17) is 4.74 Å². The molecule has 150 valence electrons. The monoisotopic (exact) mass is 373 g/mol. The first-order valence-electron chi connectivity index (χ1n) is 10.4. The van der Waals surface area contributed by atoms with Gasteiger partial charge in [-0.1, -0.05) is 30.3 Å². The number of methoxy groups -OCH3 is 1. The smallest absolute Gasteiger partial charge is 0.231 e. The minimum atomic E-state index is -0.335. The standard InChI is InChI=1S/C22H35N3O2/c1-3-25(21(26)22(18-27-2)10-12-23-13-11-22)17-20-9-14-24(16-20)15-19-7-5-4-6-8-19/h4-8,20,23H,3,9-18H2,1-2H3. The number of piperidine rings is 1. The summed E-state index contributed by atoms with van der Waals surface area (Å²) in [6, 6.07) is 10.7. The Kier molecular flexibility index (Phi) is 7.27. The van der Waals surface area contributed by atoms with E-state index in [9.17, 15) is 4.79 Å². The average Bonchev–Trinajstić information content (AvgIpc) is 3.14. The van der Waals surface area contributed by atoms with Crippen LogP contribution in [-0.2, 0) is 16.1 Å². The van der Waals surface area contributed by atoms with Crippen LogP contribution in [0.4, 0.5) is 0 Å². The van der Waals surface area contributed by atoms with E-state index in [1.165, 1.54) is 12.0 Å². The number of rotatable bonds is 8. The largest absolute Gasteiger partial charge is 0.384 e. The molecule has 2 fully saturated rings. The van der Waals surface area contributed by atoms with E-state index >= 15 is 0 Å². The zero-order chi connectivity index (χ0) is 19.1. The Morgan fingerprint density at radius 1 is 1.30 bits per heavy atom. The Morgan fingerprint density at radius 3 is 2.70 bits per heavy atom. The summed E-state index contributed by atoms with van der Waals surface area (Å²) in [4.78, 5) is 18.0. The van der Waals surface area contributed by atoms with Gasteiger partial charge in [-0.2, -0.15) is 0 Å². The maximum Gasteiger partial charge on any atom is 0.231 e. The van der Waals surface area contributed by atoms with E-state index in [-0.39, 0.29) is 5.41 Å². The summed E-state index contributed by atoms with van der Waals surface area (Å²) in [6.45, 7) is 9.33. The van der Waals surface area contributed by atoms with Crippen LogP contribution in [0.5, 0.6) is 0 Å². The number of likely N-dealkylation sites (tertiary alicyclic amines) is 1. The molecule has 2 aliphatic rings. The molecule has 27 heavy (non-hydrogen) atoms. The molecule has 1 unspecified atom stereocenters. The van der Waals surface area contributed by atoms with Gasteiger partial charge in [0.1, 0.15) is 0 Å². The van der Waals surface area contributed by atoms with Crippen LogP contribution in [0.2, 0.25) is 0 Å². The van der Waals surface area contributed by atoms with Crippen molar-refractivity contribution in [2.75, 3.05) is 53.0 Å². The van der Waals surface area contributed by atoms with Gasteiger partial charge in [0.2, 0.25) is 5.91 Å². The lowest BCUT2D eigenvalue weighted by Gasteiger charge is -2.40. The lowest BCUT2D eigenvalue weighted by molar-refractivity contribution is -0.148. The van der Waals surface area contributed by atoms with Crippen molar-refractivity contribution in [1.82, 2.24) is 15.1 Å². The second-order valence-electron chi connectivity index (χ2n) is 8.18. The Labute approximate surface area is 164 Å². The van der Waals surface area contributed by atoms with Gasteiger partial charge in [0.25, 0.3) is 0 Å². The van der Waals surface area contributed by atoms with Crippen LogP contribution in [0, 0.1) is 11.3 Å². The third-order valence-corrected chi connectivity index (χ3v) is 6.20. The van der Waals surface area contributed by atoms with E-state index in [1.807, 2.05) is 0 Å². The maximum atomic E-state index is 13.4. The highest BCUT2D eigenvalue weighted by Gasteiger charge is 2.42. The molecule has 0 spiro atoms. The van der Waals surface area contributed by atoms with Crippen molar-refractivity contribution in [3.63, 3.8) is 0 Å². The highest BCUT2D eigenvalue weighted by Crippen LogP contribution is 2.32.